The molecule has 3 aliphatic rings. The summed E-state index contributed by atoms with van der Waals surface area (Å²) >= 11 is 0. The first kappa shape index (κ1) is 18.7. The molecule has 0 bridgehead atoms. The van der Waals surface area contributed by atoms with E-state index in [1.165, 1.54) is 13.2 Å². The lowest BCUT2D eigenvalue weighted by Crippen LogP contribution is -2.62. The van der Waals surface area contributed by atoms with E-state index in [0.29, 0.717) is 0 Å². The third-order valence-electron chi connectivity index (χ3n) is 8.21. The van der Waals surface area contributed by atoms with Crippen molar-refractivity contribution in [2.75, 3.05) is 0 Å². The van der Waals surface area contributed by atoms with Crippen LogP contribution in [-0.2, 0) is 25.5 Å². The lowest BCUT2D eigenvalue weighted by atomic mass is 9.44. The van der Waals surface area contributed by atoms with Crippen molar-refractivity contribution in [1.29, 1.82) is 0 Å². The first-order valence-corrected chi connectivity index (χ1v) is 10.1. The molecule has 2 saturated carbocycles. The molecule has 3 fully saturated rings. The summed E-state index contributed by atoms with van der Waals surface area (Å²) in [5.41, 5.74) is 0.157. The van der Waals surface area contributed by atoms with Gasteiger partial charge in [-0.2, -0.15) is 0 Å². The fourth-order valence-corrected chi connectivity index (χ4v) is 6.35. The van der Waals surface area contributed by atoms with Crippen molar-refractivity contribution in [3.63, 3.8) is 0 Å². The summed E-state index contributed by atoms with van der Waals surface area (Å²) in [5, 5.41) is 0. The van der Waals surface area contributed by atoms with E-state index in [-0.39, 0.29) is 41.0 Å². The van der Waals surface area contributed by atoms with Gasteiger partial charge in [-0.15, -0.1) is 0 Å². The second-order valence-corrected chi connectivity index (χ2v) is 9.26. The molecule has 1 aromatic rings. The number of furan rings is 1. The molecule has 0 N–H and O–H groups in total. The highest BCUT2D eigenvalue weighted by Gasteiger charge is 2.74. The minimum absolute atomic E-state index is 0.0252. The van der Waals surface area contributed by atoms with E-state index in [0.717, 1.165) is 37.7 Å². The summed E-state index contributed by atoms with van der Waals surface area (Å²) in [7, 11) is 0. The van der Waals surface area contributed by atoms with E-state index in [1.807, 2.05) is 6.07 Å². The number of hydrogen-bond acceptors (Lipinski definition) is 5. The fraction of sp³-hybridized carbons (Fsp3) is 0.727. The Morgan fingerprint density at radius 3 is 2.78 bits per heavy atom. The zero-order chi connectivity index (χ0) is 19.4. The lowest BCUT2D eigenvalue weighted by Gasteiger charge is -2.59. The zero-order valence-electron chi connectivity index (χ0n) is 16.7. The van der Waals surface area contributed by atoms with Gasteiger partial charge < -0.3 is 18.7 Å². The maximum atomic E-state index is 12.7. The van der Waals surface area contributed by atoms with Crippen LogP contribution in [0, 0.1) is 22.7 Å². The van der Waals surface area contributed by atoms with Crippen LogP contribution >= 0.6 is 0 Å². The van der Waals surface area contributed by atoms with Gasteiger partial charge >= 0.3 is 5.97 Å². The Labute approximate surface area is 160 Å². The number of fused-ring (bicyclic) bond motifs is 3. The second-order valence-electron chi connectivity index (χ2n) is 9.26. The Kier molecular flexibility index (Phi) is 4.30. The molecule has 0 spiro atoms. The molecule has 1 aliphatic heterocycles. The van der Waals surface area contributed by atoms with Crippen LogP contribution in [0.15, 0.2) is 23.0 Å². The molecule has 7 atom stereocenters. The summed E-state index contributed by atoms with van der Waals surface area (Å²) in [4.78, 5) is 24.5. The molecule has 2 aliphatic carbocycles. The molecule has 5 nitrogen and oxygen atoms in total. The van der Waals surface area contributed by atoms with Crippen LogP contribution < -0.4 is 0 Å². The minimum atomic E-state index is -0.537. The first-order chi connectivity index (χ1) is 12.8. The third-order valence-corrected chi connectivity index (χ3v) is 8.21. The van der Waals surface area contributed by atoms with E-state index in [9.17, 15) is 9.59 Å². The number of carbonyl (C=O) groups excluding carboxylic acids is 2. The molecule has 2 heterocycles. The monoisotopic (exact) mass is 374 g/mol. The highest BCUT2D eigenvalue weighted by molar-refractivity contribution is 5.67. The average Bonchev–Trinajstić information content (AvgIpc) is 3.05. The topological polar surface area (TPSA) is 69.0 Å². The number of hydrogen-bond donors (Lipinski definition) is 0. The van der Waals surface area contributed by atoms with Gasteiger partial charge in [0.05, 0.1) is 24.2 Å². The largest absolute Gasteiger partial charge is 0.472 e. The molecule has 0 aromatic carbocycles. The molecule has 27 heavy (non-hydrogen) atoms. The van der Waals surface area contributed by atoms with E-state index in [2.05, 4.69) is 20.8 Å². The second kappa shape index (κ2) is 6.20. The van der Waals surface area contributed by atoms with Gasteiger partial charge in [0.25, 0.3) is 0 Å². The van der Waals surface area contributed by atoms with Gasteiger partial charge in [0.2, 0.25) is 0 Å². The third kappa shape index (κ3) is 2.61. The van der Waals surface area contributed by atoms with Gasteiger partial charge in [0, 0.05) is 23.7 Å². The van der Waals surface area contributed by atoms with Crippen LogP contribution in [0.4, 0.5) is 0 Å². The van der Waals surface area contributed by atoms with Crippen LogP contribution in [0.25, 0.3) is 0 Å². The van der Waals surface area contributed by atoms with Crippen molar-refractivity contribution in [2.24, 2.45) is 22.7 Å². The van der Waals surface area contributed by atoms with Crippen molar-refractivity contribution in [1.82, 2.24) is 0 Å². The van der Waals surface area contributed by atoms with E-state index in [1.54, 1.807) is 12.5 Å². The van der Waals surface area contributed by atoms with E-state index in [4.69, 9.17) is 13.9 Å². The van der Waals surface area contributed by atoms with Crippen LogP contribution in [-0.4, -0.2) is 30.1 Å². The van der Waals surface area contributed by atoms with E-state index >= 15 is 0 Å². The van der Waals surface area contributed by atoms with Crippen molar-refractivity contribution in [3.8, 4) is 0 Å². The van der Waals surface area contributed by atoms with E-state index < -0.39 is 5.41 Å². The van der Waals surface area contributed by atoms with Gasteiger partial charge in [0.1, 0.15) is 12.4 Å². The Balaban J connectivity index is 1.73. The number of esters is 1. The molecule has 4 rings (SSSR count). The highest BCUT2D eigenvalue weighted by atomic mass is 16.6. The van der Waals surface area contributed by atoms with Crippen LogP contribution in [0.3, 0.4) is 0 Å². The maximum absolute atomic E-state index is 12.7. The minimum Gasteiger partial charge on any atom is -0.472 e. The number of rotatable bonds is 5. The smallest absolute Gasteiger partial charge is 0.302 e. The number of epoxide rings is 1. The molecular weight excluding hydrogens is 344 g/mol. The van der Waals surface area contributed by atoms with Gasteiger partial charge in [0.15, 0.2) is 0 Å². The van der Waals surface area contributed by atoms with Gasteiger partial charge in [-0.3, -0.25) is 4.79 Å². The summed E-state index contributed by atoms with van der Waals surface area (Å²) < 4.78 is 17.1. The van der Waals surface area contributed by atoms with Gasteiger partial charge in [-0.05, 0) is 56.6 Å². The summed E-state index contributed by atoms with van der Waals surface area (Å²) in [6, 6.07) is 1.96. The molecule has 1 saturated heterocycles. The summed E-state index contributed by atoms with van der Waals surface area (Å²) in [6.07, 6.45) is 8.84. The highest BCUT2D eigenvalue weighted by Crippen LogP contribution is 2.70. The van der Waals surface area contributed by atoms with Crippen molar-refractivity contribution in [2.45, 2.75) is 77.6 Å². The molecular formula is C22H30O5. The molecule has 0 radical (unpaired) electrons. The van der Waals surface area contributed by atoms with Crippen molar-refractivity contribution in [3.05, 3.63) is 24.2 Å². The fourth-order valence-electron chi connectivity index (χ4n) is 6.35. The van der Waals surface area contributed by atoms with Gasteiger partial charge in [-0.1, -0.05) is 13.8 Å². The number of aryl methyl sites for hydroxylation is 1. The predicted molar refractivity (Wildman–Crippen MR) is 99.0 cm³/mol. The number of carbonyl (C=O) groups is 2. The standard InChI is InChI=1S/C22H30O5/c1-14-17(26-15(2)24)11-20(3)18(5-6-19-21(20,4)27-19)22(14,13-23)9-7-16-8-10-25-12-16/h8,10,12-14,17-19H,5-7,9,11H2,1-4H3/t14-,17-,18+,19-,20-,21-,22-/m1/s1. The van der Waals surface area contributed by atoms with Crippen molar-refractivity contribution < 1.29 is 23.5 Å². The van der Waals surface area contributed by atoms with Crippen LogP contribution in [0.1, 0.15) is 58.9 Å². The van der Waals surface area contributed by atoms with Crippen LogP contribution in [0.5, 0.6) is 0 Å². The molecule has 5 heteroatoms. The Morgan fingerprint density at radius 1 is 1.37 bits per heavy atom. The molecule has 148 valence electrons. The normalized spacial score (nSPS) is 45.5. The van der Waals surface area contributed by atoms with Gasteiger partial charge in [-0.25, -0.2) is 0 Å². The van der Waals surface area contributed by atoms with Crippen molar-refractivity contribution >= 4 is 12.3 Å². The average molecular weight is 374 g/mol. The SMILES string of the molecule is CC(=O)O[C@@H]1C[C@]2(C)[C@H](CC[C@H]3O[C@]32C)[C@@](C=O)(CCc2ccoc2)[C@@H]1C. The lowest BCUT2D eigenvalue weighted by molar-refractivity contribution is -0.186. The van der Waals surface area contributed by atoms with Crippen LogP contribution in [0.2, 0.25) is 0 Å². The molecule has 0 unspecified atom stereocenters. The summed E-state index contributed by atoms with van der Waals surface area (Å²) in [5.74, 6) is -0.0829. The quantitative estimate of drug-likeness (QED) is 0.443. The number of ether oxygens (including phenoxy) is 2. The zero-order valence-corrected chi connectivity index (χ0v) is 16.7. The number of aldehydes is 1. The first-order valence-electron chi connectivity index (χ1n) is 10.1. The Morgan fingerprint density at radius 2 is 2.15 bits per heavy atom. The molecule has 1 aromatic heterocycles. The predicted octanol–water partition coefficient (Wildman–Crippen LogP) is 3.94. The molecule has 0 amide bonds. The summed E-state index contributed by atoms with van der Waals surface area (Å²) in [6.45, 7) is 7.96. The maximum Gasteiger partial charge on any atom is 0.302 e. The Bertz CT molecular complexity index is 727. The Hall–Kier alpha value is -1.62.